The van der Waals surface area contributed by atoms with Crippen LogP contribution in [0.1, 0.15) is 43.2 Å². The van der Waals surface area contributed by atoms with Crippen molar-refractivity contribution < 1.29 is 18.0 Å². The van der Waals surface area contributed by atoms with E-state index in [1.54, 1.807) is 54.6 Å². The van der Waals surface area contributed by atoms with Gasteiger partial charge in [0.1, 0.15) is 12.6 Å². The van der Waals surface area contributed by atoms with Crippen LogP contribution in [-0.4, -0.2) is 43.8 Å². The second-order valence-corrected chi connectivity index (χ2v) is 14.2. The monoisotopic (exact) mass is 677 g/mol. The minimum absolute atomic E-state index is 0.0177. The fraction of sp³-hybridized carbons (Fsp3) is 0.278. The smallest absolute Gasteiger partial charge is 0.264 e. The number of carbonyl (C=O) groups excluding carboxylic acids is 2. The molecule has 1 atom stereocenters. The molecule has 10 heteroatoms. The van der Waals surface area contributed by atoms with Crippen LogP contribution in [0, 0.1) is 0 Å². The number of amides is 2. The molecule has 0 saturated heterocycles. The molecule has 0 spiro atoms. The molecular formula is C36H37Cl2N3O4S. The second-order valence-electron chi connectivity index (χ2n) is 11.5. The number of hydrogen-bond donors (Lipinski definition) is 1. The Balaban J connectivity index is 1.56. The Morgan fingerprint density at radius 3 is 2.02 bits per heavy atom. The molecule has 0 heterocycles. The zero-order valence-electron chi connectivity index (χ0n) is 25.4. The van der Waals surface area contributed by atoms with Crippen LogP contribution in [0.5, 0.6) is 0 Å². The highest BCUT2D eigenvalue weighted by molar-refractivity contribution is 7.92. The zero-order valence-corrected chi connectivity index (χ0v) is 27.7. The number of benzene rings is 4. The fourth-order valence-corrected chi connectivity index (χ4v) is 7.63. The highest BCUT2D eigenvalue weighted by atomic mass is 35.5. The van der Waals surface area contributed by atoms with Crippen molar-refractivity contribution in [3.05, 3.63) is 130 Å². The van der Waals surface area contributed by atoms with E-state index in [9.17, 15) is 18.0 Å². The largest absolute Gasteiger partial charge is 0.352 e. The van der Waals surface area contributed by atoms with Crippen LogP contribution in [0.2, 0.25) is 10.0 Å². The summed E-state index contributed by atoms with van der Waals surface area (Å²) >= 11 is 12.6. The van der Waals surface area contributed by atoms with Crippen molar-refractivity contribution in [2.45, 2.75) is 62.0 Å². The van der Waals surface area contributed by atoms with E-state index in [1.807, 2.05) is 36.4 Å². The van der Waals surface area contributed by atoms with Crippen molar-refractivity contribution in [1.82, 2.24) is 10.2 Å². The molecule has 0 bridgehead atoms. The SMILES string of the molecule is O=C(NC1CCCCC1)[C@H](Cc1ccccc1)N(Cc1cccc(Cl)c1)C(=O)CN(c1cccc(Cl)c1)S(=O)(=O)c1ccccc1. The first-order chi connectivity index (χ1) is 22.2. The van der Waals surface area contributed by atoms with E-state index < -0.39 is 28.5 Å². The normalized spacial score (nSPS) is 14.3. The third-order valence-electron chi connectivity index (χ3n) is 8.17. The summed E-state index contributed by atoms with van der Waals surface area (Å²) in [5, 5.41) is 4.02. The van der Waals surface area contributed by atoms with Gasteiger partial charge in [-0.2, -0.15) is 0 Å². The molecule has 0 unspecified atom stereocenters. The van der Waals surface area contributed by atoms with Crippen LogP contribution >= 0.6 is 23.2 Å². The fourth-order valence-electron chi connectivity index (χ4n) is 5.81. The molecule has 5 rings (SSSR count). The van der Waals surface area contributed by atoms with Crippen molar-refractivity contribution >= 4 is 50.7 Å². The first kappa shape index (κ1) is 33.5. The van der Waals surface area contributed by atoms with Crippen LogP contribution in [0.15, 0.2) is 114 Å². The summed E-state index contributed by atoms with van der Waals surface area (Å²) in [4.78, 5) is 30.2. The minimum Gasteiger partial charge on any atom is -0.352 e. The molecule has 240 valence electrons. The van der Waals surface area contributed by atoms with Gasteiger partial charge in [0.05, 0.1) is 10.6 Å². The van der Waals surface area contributed by atoms with Gasteiger partial charge in [-0.15, -0.1) is 0 Å². The van der Waals surface area contributed by atoms with E-state index in [2.05, 4.69) is 5.32 Å². The maximum atomic E-state index is 14.6. The Labute approximate surface area is 281 Å². The molecule has 1 N–H and O–H groups in total. The average Bonchev–Trinajstić information content (AvgIpc) is 3.06. The van der Waals surface area contributed by atoms with Gasteiger partial charge < -0.3 is 10.2 Å². The summed E-state index contributed by atoms with van der Waals surface area (Å²) in [5.41, 5.74) is 1.82. The molecule has 4 aromatic rings. The molecule has 1 aliphatic carbocycles. The molecule has 2 amide bonds. The number of rotatable bonds is 12. The van der Waals surface area contributed by atoms with Crippen molar-refractivity contribution in [3.63, 3.8) is 0 Å². The van der Waals surface area contributed by atoms with Gasteiger partial charge in [-0.25, -0.2) is 8.42 Å². The molecule has 0 aliphatic heterocycles. The highest BCUT2D eigenvalue weighted by Gasteiger charge is 2.35. The maximum Gasteiger partial charge on any atom is 0.264 e. The van der Waals surface area contributed by atoms with Gasteiger partial charge in [0.25, 0.3) is 10.0 Å². The summed E-state index contributed by atoms with van der Waals surface area (Å²) in [7, 11) is -4.20. The van der Waals surface area contributed by atoms with Crippen LogP contribution in [0.25, 0.3) is 0 Å². The lowest BCUT2D eigenvalue weighted by Crippen LogP contribution is -2.55. The summed E-state index contributed by atoms with van der Waals surface area (Å²) in [5.74, 6) is -0.814. The lowest BCUT2D eigenvalue weighted by atomic mass is 9.94. The number of anilines is 1. The molecule has 4 aromatic carbocycles. The number of halogens is 2. The van der Waals surface area contributed by atoms with E-state index in [0.717, 1.165) is 42.0 Å². The van der Waals surface area contributed by atoms with Crippen molar-refractivity contribution in [1.29, 1.82) is 0 Å². The number of nitrogens with zero attached hydrogens (tertiary/aromatic N) is 2. The molecular weight excluding hydrogens is 641 g/mol. The summed E-state index contributed by atoms with van der Waals surface area (Å²) in [6.07, 6.45) is 5.20. The highest BCUT2D eigenvalue weighted by Crippen LogP contribution is 2.27. The predicted molar refractivity (Wildman–Crippen MR) is 183 cm³/mol. The average molecular weight is 679 g/mol. The molecule has 0 radical (unpaired) electrons. The molecule has 46 heavy (non-hydrogen) atoms. The van der Waals surface area contributed by atoms with Crippen LogP contribution < -0.4 is 9.62 Å². The maximum absolute atomic E-state index is 14.6. The quantitative estimate of drug-likeness (QED) is 0.171. The van der Waals surface area contributed by atoms with Crippen LogP contribution in [0.4, 0.5) is 5.69 Å². The third kappa shape index (κ3) is 8.69. The first-order valence-electron chi connectivity index (χ1n) is 15.4. The molecule has 7 nitrogen and oxygen atoms in total. The zero-order chi connectivity index (χ0) is 32.5. The lowest BCUT2D eigenvalue weighted by Gasteiger charge is -2.35. The number of sulfonamides is 1. The van der Waals surface area contributed by atoms with E-state index in [0.29, 0.717) is 15.6 Å². The Kier molecular flexibility index (Phi) is 11.4. The number of carbonyl (C=O) groups is 2. The lowest BCUT2D eigenvalue weighted by molar-refractivity contribution is -0.140. The summed E-state index contributed by atoms with van der Waals surface area (Å²) in [6, 6.07) is 30.0. The van der Waals surface area contributed by atoms with E-state index in [-0.39, 0.29) is 35.5 Å². The summed E-state index contributed by atoms with van der Waals surface area (Å²) < 4.78 is 29.2. The number of hydrogen-bond acceptors (Lipinski definition) is 4. The van der Waals surface area contributed by atoms with Gasteiger partial charge in [-0.1, -0.05) is 109 Å². The van der Waals surface area contributed by atoms with Crippen molar-refractivity contribution in [2.75, 3.05) is 10.8 Å². The van der Waals surface area contributed by atoms with E-state index in [1.165, 1.54) is 23.1 Å². The molecule has 1 saturated carbocycles. The Morgan fingerprint density at radius 1 is 0.761 bits per heavy atom. The minimum atomic E-state index is -4.20. The predicted octanol–water partition coefficient (Wildman–Crippen LogP) is 7.28. The third-order valence-corrected chi connectivity index (χ3v) is 10.4. The molecule has 0 aromatic heterocycles. The van der Waals surface area contributed by atoms with Gasteiger partial charge >= 0.3 is 0 Å². The Morgan fingerprint density at radius 2 is 1.37 bits per heavy atom. The van der Waals surface area contributed by atoms with Crippen molar-refractivity contribution in [2.24, 2.45) is 0 Å². The van der Waals surface area contributed by atoms with Crippen LogP contribution in [-0.2, 0) is 32.6 Å². The summed E-state index contributed by atoms with van der Waals surface area (Å²) in [6.45, 7) is -0.510. The van der Waals surface area contributed by atoms with Crippen LogP contribution in [0.3, 0.4) is 0 Å². The molecule has 1 fully saturated rings. The second kappa shape index (κ2) is 15.6. The number of nitrogens with one attached hydrogen (secondary N) is 1. The topological polar surface area (TPSA) is 86.8 Å². The Bertz CT molecular complexity index is 1730. The van der Waals surface area contributed by atoms with Gasteiger partial charge in [0.2, 0.25) is 11.8 Å². The standard InChI is InChI=1S/C36H37Cl2N3O4S/c37-29-15-10-14-28(22-29)25-40(34(23-27-12-4-1-5-13-27)36(43)39-31-17-6-2-7-18-31)35(42)26-41(32-19-11-16-30(38)24-32)46(44,45)33-20-8-3-9-21-33/h1,3-5,8-16,19-22,24,31,34H,2,6-7,17-18,23,25-26H2,(H,39,43)/t34-/m0/s1. The first-order valence-corrected chi connectivity index (χ1v) is 17.6. The van der Waals surface area contributed by atoms with Crippen molar-refractivity contribution in [3.8, 4) is 0 Å². The van der Waals surface area contributed by atoms with E-state index >= 15 is 0 Å². The van der Waals surface area contributed by atoms with E-state index in [4.69, 9.17) is 23.2 Å². The Hall–Kier alpha value is -3.85. The van der Waals surface area contributed by atoms with Gasteiger partial charge in [-0.3, -0.25) is 13.9 Å². The molecule has 1 aliphatic rings. The van der Waals surface area contributed by atoms with Gasteiger partial charge in [0, 0.05) is 29.1 Å². The van der Waals surface area contributed by atoms with Gasteiger partial charge in [0.15, 0.2) is 0 Å². The van der Waals surface area contributed by atoms with Gasteiger partial charge in [-0.05, 0) is 66.4 Å².